The molecule has 1 heterocycles. The van der Waals surface area contributed by atoms with Crippen LogP contribution in [-0.2, 0) is 0 Å². The quantitative estimate of drug-likeness (QED) is 0.599. The van der Waals surface area contributed by atoms with Crippen LogP contribution in [-0.4, -0.2) is 40.9 Å². The summed E-state index contributed by atoms with van der Waals surface area (Å²) in [5, 5.41) is 17.6. The topological polar surface area (TPSA) is 60.8 Å². The maximum atomic E-state index is 10.6. The second-order valence-corrected chi connectivity index (χ2v) is 3.90. The summed E-state index contributed by atoms with van der Waals surface area (Å²) in [4.78, 5) is 12.0. The summed E-state index contributed by atoms with van der Waals surface area (Å²) >= 11 is 0. The van der Waals surface area contributed by atoms with Gasteiger partial charge in [0.1, 0.15) is 0 Å². The molecule has 1 aliphatic heterocycles. The first-order valence-electron chi connectivity index (χ1n) is 4.27. The Labute approximate surface area is 70.8 Å². The van der Waals surface area contributed by atoms with Gasteiger partial charge in [-0.25, -0.2) is 4.79 Å². The minimum absolute atomic E-state index is 0.160. The van der Waals surface area contributed by atoms with Crippen molar-refractivity contribution in [1.29, 1.82) is 0 Å². The van der Waals surface area contributed by atoms with E-state index in [1.807, 2.05) is 0 Å². The molecule has 68 valence electrons. The Morgan fingerprint density at radius 3 is 2.83 bits per heavy atom. The highest BCUT2D eigenvalue weighted by Gasteiger charge is 2.57. The van der Waals surface area contributed by atoms with Gasteiger partial charge in [-0.05, 0) is 24.2 Å². The standard InChI is InChI=1S/C8H13NO3/c10-4-6-3-8(6)1-2-9(5-8)7(11)12/h6,10H,1-5H2,(H,11,12). The summed E-state index contributed by atoms with van der Waals surface area (Å²) in [6.07, 6.45) is 1.12. The Hall–Kier alpha value is -0.770. The van der Waals surface area contributed by atoms with Gasteiger partial charge in [-0.15, -0.1) is 0 Å². The molecule has 0 aromatic rings. The molecular formula is C8H13NO3. The molecular weight excluding hydrogens is 158 g/mol. The van der Waals surface area contributed by atoms with E-state index in [0.717, 1.165) is 12.8 Å². The first-order chi connectivity index (χ1) is 5.68. The van der Waals surface area contributed by atoms with Gasteiger partial charge in [-0.1, -0.05) is 0 Å². The number of aliphatic hydroxyl groups excluding tert-OH is 1. The number of hydrogen-bond acceptors (Lipinski definition) is 2. The first kappa shape index (κ1) is 7.86. The fraction of sp³-hybridized carbons (Fsp3) is 0.875. The van der Waals surface area contributed by atoms with E-state index >= 15 is 0 Å². The van der Waals surface area contributed by atoms with E-state index in [1.165, 1.54) is 4.90 Å². The molecule has 0 bridgehead atoms. The highest BCUT2D eigenvalue weighted by molar-refractivity contribution is 5.65. The molecule has 4 heteroatoms. The third-order valence-electron chi connectivity index (χ3n) is 3.24. The Morgan fingerprint density at radius 2 is 2.42 bits per heavy atom. The third-order valence-corrected chi connectivity index (χ3v) is 3.24. The number of nitrogens with zero attached hydrogens (tertiary/aromatic N) is 1. The first-order valence-corrected chi connectivity index (χ1v) is 4.27. The van der Waals surface area contributed by atoms with E-state index in [-0.39, 0.29) is 12.0 Å². The zero-order chi connectivity index (χ0) is 8.77. The van der Waals surface area contributed by atoms with Crippen LogP contribution in [0, 0.1) is 11.3 Å². The molecule has 0 radical (unpaired) electrons. The molecule has 0 aromatic carbocycles. The number of amides is 1. The summed E-state index contributed by atoms with van der Waals surface area (Å²) in [7, 11) is 0. The van der Waals surface area contributed by atoms with Crippen LogP contribution in [0.5, 0.6) is 0 Å². The average Bonchev–Trinajstić information content (AvgIpc) is 2.50. The summed E-state index contributed by atoms with van der Waals surface area (Å²) < 4.78 is 0. The lowest BCUT2D eigenvalue weighted by Crippen LogP contribution is -2.27. The average molecular weight is 171 g/mol. The molecule has 2 N–H and O–H groups in total. The number of aliphatic hydroxyl groups is 1. The molecule has 4 nitrogen and oxygen atoms in total. The van der Waals surface area contributed by atoms with E-state index in [1.54, 1.807) is 0 Å². The lowest BCUT2D eigenvalue weighted by Gasteiger charge is -2.11. The summed E-state index contributed by atoms with van der Waals surface area (Å²) in [6, 6.07) is 0. The smallest absolute Gasteiger partial charge is 0.407 e. The number of carbonyl (C=O) groups is 1. The van der Waals surface area contributed by atoms with Gasteiger partial charge in [0.15, 0.2) is 0 Å². The maximum Gasteiger partial charge on any atom is 0.407 e. The lowest BCUT2D eigenvalue weighted by molar-refractivity contribution is 0.152. The van der Waals surface area contributed by atoms with Gasteiger partial charge in [0, 0.05) is 19.7 Å². The Bertz CT molecular complexity index is 218. The van der Waals surface area contributed by atoms with Crippen molar-refractivity contribution in [1.82, 2.24) is 4.90 Å². The number of likely N-dealkylation sites (tertiary alicyclic amines) is 1. The minimum atomic E-state index is -0.824. The monoisotopic (exact) mass is 171 g/mol. The van der Waals surface area contributed by atoms with Gasteiger partial charge in [0.2, 0.25) is 0 Å². The molecule has 2 unspecified atom stereocenters. The van der Waals surface area contributed by atoms with Crippen molar-refractivity contribution in [2.24, 2.45) is 11.3 Å². The lowest BCUT2D eigenvalue weighted by atomic mass is 10.0. The molecule has 2 atom stereocenters. The molecule has 0 aromatic heterocycles. The normalized spacial score (nSPS) is 39.1. The Morgan fingerprint density at radius 1 is 1.67 bits per heavy atom. The van der Waals surface area contributed by atoms with Gasteiger partial charge in [0.25, 0.3) is 0 Å². The molecule has 2 fully saturated rings. The van der Waals surface area contributed by atoms with Crippen LogP contribution in [0.4, 0.5) is 4.79 Å². The molecule has 1 aliphatic carbocycles. The van der Waals surface area contributed by atoms with E-state index in [0.29, 0.717) is 19.0 Å². The number of hydrogen-bond donors (Lipinski definition) is 2. The molecule has 1 saturated carbocycles. The SMILES string of the molecule is O=C(O)N1CCC2(CC2CO)C1. The molecule has 1 saturated heterocycles. The van der Waals surface area contributed by atoms with Crippen molar-refractivity contribution in [2.75, 3.05) is 19.7 Å². The van der Waals surface area contributed by atoms with Crippen LogP contribution in [0.2, 0.25) is 0 Å². The van der Waals surface area contributed by atoms with Crippen molar-refractivity contribution >= 4 is 6.09 Å². The van der Waals surface area contributed by atoms with Crippen LogP contribution in [0.15, 0.2) is 0 Å². The van der Waals surface area contributed by atoms with Crippen LogP contribution >= 0.6 is 0 Å². The zero-order valence-corrected chi connectivity index (χ0v) is 6.86. The summed E-state index contributed by atoms with van der Waals surface area (Å²) in [5.41, 5.74) is 0.160. The maximum absolute atomic E-state index is 10.6. The van der Waals surface area contributed by atoms with E-state index in [2.05, 4.69) is 0 Å². The van der Waals surface area contributed by atoms with Gasteiger partial charge < -0.3 is 15.1 Å². The van der Waals surface area contributed by atoms with Crippen LogP contribution in [0.3, 0.4) is 0 Å². The number of rotatable bonds is 1. The molecule has 12 heavy (non-hydrogen) atoms. The van der Waals surface area contributed by atoms with Crippen molar-refractivity contribution in [3.05, 3.63) is 0 Å². The Kier molecular flexibility index (Phi) is 1.54. The summed E-state index contributed by atoms with van der Waals surface area (Å²) in [5.74, 6) is 0.363. The van der Waals surface area contributed by atoms with Crippen LogP contribution in [0.1, 0.15) is 12.8 Å². The predicted octanol–water partition coefficient (Wildman–Crippen LogP) is 0.369. The van der Waals surface area contributed by atoms with E-state index in [4.69, 9.17) is 10.2 Å². The van der Waals surface area contributed by atoms with Gasteiger partial charge >= 0.3 is 6.09 Å². The van der Waals surface area contributed by atoms with Crippen LogP contribution in [0.25, 0.3) is 0 Å². The van der Waals surface area contributed by atoms with Crippen molar-refractivity contribution < 1.29 is 15.0 Å². The van der Waals surface area contributed by atoms with Gasteiger partial charge in [-0.3, -0.25) is 0 Å². The molecule has 2 aliphatic rings. The van der Waals surface area contributed by atoms with Crippen molar-refractivity contribution in [2.45, 2.75) is 12.8 Å². The minimum Gasteiger partial charge on any atom is -0.465 e. The largest absolute Gasteiger partial charge is 0.465 e. The molecule has 2 rings (SSSR count). The van der Waals surface area contributed by atoms with Crippen molar-refractivity contribution in [3.8, 4) is 0 Å². The second-order valence-electron chi connectivity index (χ2n) is 3.90. The van der Waals surface area contributed by atoms with Crippen LogP contribution < -0.4 is 0 Å². The fourth-order valence-electron chi connectivity index (χ4n) is 2.25. The Balaban J connectivity index is 1.96. The molecule has 1 spiro atoms. The molecule has 1 amide bonds. The van der Waals surface area contributed by atoms with Gasteiger partial charge in [-0.2, -0.15) is 0 Å². The highest BCUT2D eigenvalue weighted by atomic mass is 16.4. The van der Waals surface area contributed by atoms with Gasteiger partial charge in [0.05, 0.1) is 0 Å². The highest BCUT2D eigenvalue weighted by Crippen LogP contribution is 2.57. The van der Waals surface area contributed by atoms with Crippen molar-refractivity contribution in [3.63, 3.8) is 0 Å². The second kappa shape index (κ2) is 2.36. The zero-order valence-electron chi connectivity index (χ0n) is 6.86. The number of carboxylic acid groups (broad SMARTS) is 1. The van der Waals surface area contributed by atoms with E-state index < -0.39 is 6.09 Å². The summed E-state index contributed by atoms with van der Waals surface area (Å²) in [6.45, 7) is 1.49. The van der Waals surface area contributed by atoms with E-state index in [9.17, 15) is 4.79 Å². The predicted molar refractivity (Wildman–Crippen MR) is 41.8 cm³/mol. The fourth-order valence-corrected chi connectivity index (χ4v) is 2.25. The third kappa shape index (κ3) is 0.982.